The van der Waals surface area contributed by atoms with E-state index >= 15 is 0 Å². The molecular weight excluding hydrogens is 519 g/mol. The van der Waals surface area contributed by atoms with E-state index in [4.69, 9.17) is 13.6 Å². The first-order valence-electron chi connectivity index (χ1n) is 11.0. The Morgan fingerprint density at radius 2 is 1.92 bits per heavy atom. The number of halogens is 3. The molecular formula is C26H18F3N5O3S. The highest BCUT2D eigenvalue weighted by Gasteiger charge is 2.36. The molecule has 3 heterocycles. The zero-order chi connectivity index (χ0) is 27.1. The number of pyridine rings is 1. The average molecular weight is 538 g/mol. The molecule has 0 radical (unpaired) electrons. The number of thioether (sulfide) groups is 1. The van der Waals surface area contributed by atoms with E-state index in [0.29, 0.717) is 17.1 Å². The summed E-state index contributed by atoms with van der Waals surface area (Å²) in [5.74, 6) is 1.27. The lowest BCUT2D eigenvalue weighted by Crippen LogP contribution is -2.11. The monoisotopic (exact) mass is 537 g/mol. The molecule has 1 aromatic carbocycles. The number of furan rings is 1. The van der Waals surface area contributed by atoms with E-state index in [1.807, 2.05) is 6.07 Å². The fourth-order valence-corrected chi connectivity index (χ4v) is 4.18. The van der Waals surface area contributed by atoms with Crippen LogP contribution in [-0.2, 0) is 6.18 Å². The molecule has 0 aliphatic heterocycles. The van der Waals surface area contributed by atoms with Gasteiger partial charge in [0.15, 0.2) is 5.76 Å². The van der Waals surface area contributed by atoms with Gasteiger partial charge in [0.05, 0.1) is 23.1 Å². The van der Waals surface area contributed by atoms with Crippen molar-refractivity contribution < 1.29 is 26.7 Å². The minimum atomic E-state index is -4.76. The number of benzene rings is 1. The van der Waals surface area contributed by atoms with Crippen molar-refractivity contribution >= 4 is 17.6 Å². The van der Waals surface area contributed by atoms with Gasteiger partial charge in [-0.15, -0.1) is 11.8 Å². The van der Waals surface area contributed by atoms with Crippen molar-refractivity contribution in [3.8, 4) is 40.8 Å². The molecule has 1 N–H and O–H groups in total. The van der Waals surface area contributed by atoms with Gasteiger partial charge in [0, 0.05) is 17.9 Å². The zero-order valence-corrected chi connectivity index (χ0v) is 20.4. The van der Waals surface area contributed by atoms with E-state index < -0.39 is 17.3 Å². The summed E-state index contributed by atoms with van der Waals surface area (Å²) < 4.78 is 57.7. The molecule has 0 aliphatic carbocycles. The van der Waals surface area contributed by atoms with Crippen molar-refractivity contribution in [2.24, 2.45) is 0 Å². The minimum absolute atomic E-state index is 0.000823. The van der Waals surface area contributed by atoms with Crippen molar-refractivity contribution in [1.82, 2.24) is 9.97 Å². The number of oxazole rings is 1. The van der Waals surface area contributed by atoms with E-state index in [9.17, 15) is 23.7 Å². The molecule has 0 amide bonds. The zero-order valence-electron chi connectivity index (χ0n) is 19.6. The fraction of sp³-hybridized carbons (Fsp3) is 0.154. The molecule has 8 nitrogen and oxygen atoms in total. The van der Waals surface area contributed by atoms with E-state index in [1.54, 1.807) is 48.5 Å². The third kappa shape index (κ3) is 5.99. The van der Waals surface area contributed by atoms with E-state index in [0.717, 1.165) is 17.8 Å². The maximum Gasteiger partial charge on any atom is 0.417 e. The summed E-state index contributed by atoms with van der Waals surface area (Å²) in [6.07, 6.45) is -1.75. The summed E-state index contributed by atoms with van der Waals surface area (Å²) in [4.78, 5) is 8.41. The summed E-state index contributed by atoms with van der Waals surface area (Å²) in [7, 11) is 0. The predicted octanol–water partition coefficient (Wildman–Crippen LogP) is 6.53. The molecule has 4 aromatic rings. The number of alkyl halides is 3. The average Bonchev–Trinajstić information content (AvgIpc) is 3.59. The van der Waals surface area contributed by atoms with Crippen molar-refractivity contribution in [2.75, 3.05) is 24.2 Å². The van der Waals surface area contributed by atoms with Crippen LogP contribution >= 0.6 is 11.8 Å². The Morgan fingerprint density at radius 3 is 2.55 bits per heavy atom. The van der Waals surface area contributed by atoms with Crippen LogP contribution in [0, 0.1) is 22.7 Å². The molecule has 3 aromatic heterocycles. The Bertz CT molecular complexity index is 1500. The first-order valence-corrected chi connectivity index (χ1v) is 12.0. The van der Waals surface area contributed by atoms with E-state index in [-0.39, 0.29) is 47.1 Å². The van der Waals surface area contributed by atoms with Crippen LogP contribution in [0.5, 0.6) is 5.75 Å². The lowest BCUT2D eigenvalue weighted by molar-refractivity contribution is -0.138. The van der Waals surface area contributed by atoms with E-state index in [2.05, 4.69) is 21.9 Å². The highest BCUT2D eigenvalue weighted by molar-refractivity contribution is 7.99. The third-order valence-corrected chi connectivity index (χ3v) is 5.99. The lowest BCUT2D eigenvalue weighted by atomic mass is 10.1. The maximum absolute atomic E-state index is 13.8. The van der Waals surface area contributed by atoms with Crippen LogP contribution < -0.4 is 10.1 Å². The largest absolute Gasteiger partial charge is 0.490 e. The van der Waals surface area contributed by atoms with Gasteiger partial charge in [-0.1, -0.05) is 12.7 Å². The number of nitriles is 2. The van der Waals surface area contributed by atoms with Gasteiger partial charge in [-0.25, -0.2) is 4.98 Å². The quantitative estimate of drug-likeness (QED) is 0.137. The lowest BCUT2D eigenvalue weighted by Gasteiger charge is -2.14. The Morgan fingerprint density at radius 1 is 1.13 bits per heavy atom. The van der Waals surface area contributed by atoms with Crippen LogP contribution in [0.3, 0.4) is 0 Å². The highest BCUT2D eigenvalue weighted by atomic mass is 32.2. The normalized spacial score (nSPS) is 11.0. The van der Waals surface area contributed by atoms with Gasteiger partial charge in [0.2, 0.25) is 11.6 Å². The molecule has 0 saturated carbocycles. The summed E-state index contributed by atoms with van der Waals surface area (Å²) in [6.45, 7) is 4.03. The first-order chi connectivity index (χ1) is 18.3. The van der Waals surface area contributed by atoms with Gasteiger partial charge in [-0.2, -0.15) is 28.7 Å². The highest BCUT2D eigenvalue weighted by Crippen LogP contribution is 2.38. The minimum Gasteiger partial charge on any atom is -0.490 e. The molecule has 0 bridgehead atoms. The van der Waals surface area contributed by atoms with Crippen LogP contribution in [0.15, 0.2) is 75.2 Å². The summed E-state index contributed by atoms with van der Waals surface area (Å²) >= 11 is 0.967. The van der Waals surface area contributed by atoms with Crippen LogP contribution in [0.4, 0.5) is 19.1 Å². The molecule has 0 atom stereocenters. The Labute approximate surface area is 219 Å². The SMILES string of the molecule is C=CCOc1ccc(-c2cc(C(F)(F)F)c(C#N)c(SCCNc3oc(-c4ccco4)nc3C#N)n2)cc1. The van der Waals surface area contributed by atoms with Crippen molar-refractivity contribution in [2.45, 2.75) is 11.2 Å². The van der Waals surface area contributed by atoms with Gasteiger partial charge in [-0.3, -0.25) is 0 Å². The number of hydrogen-bond acceptors (Lipinski definition) is 9. The molecule has 4 rings (SSSR count). The topological polar surface area (TPSA) is 121 Å². The Balaban J connectivity index is 1.54. The summed E-state index contributed by atoms with van der Waals surface area (Å²) in [5, 5.41) is 21.7. The van der Waals surface area contributed by atoms with Gasteiger partial charge < -0.3 is 18.9 Å². The molecule has 0 aliphatic rings. The van der Waals surface area contributed by atoms with Gasteiger partial charge in [-0.05, 0) is 42.5 Å². The molecule has 0 spiro atoms. The Kier molecular flexibility index (Phi) is 8.04. The standard InChI is InChI=1S/C26H18F3N5O3S/c1-2-10-35-17-7-5-16(6-8-17)20-13-19(26(27,28)29)18(14-30)25(34-20)38-12-9-32-23-21(15-31)33-24(37-23)22-4-3-11-36-22/h2-8,11,13,32H,1,9-10,12H2. The number of nitrogens with one attached hydrogen (secondary N) is 1. The van der Waals surface area contributed by atoms with Crippen molar-refractivity contribution in [1.29, 1.82) is 10.5 Å². The molecule has 0 fully saturated rings. The van der Waals surface area contributed by atoms with Crippen molar-refractivity contribution in [3.05, 3.63) is 78.2 Å². The molecule has 38 heavy (non-hydrogen) atoms. The maximum atomic E-state index is 13.8. The third-order valence-electron chi connectivity index (χ3n) is 5.01. The van der Waals surface area contributed by atoms with E-state index in [1.165, 1.54) is 6.26 Å². The second-order valence-electron chi connectivity index (χ2n) is 7.53. The Hall–Kier alpha value is -4.68. The summed E-state index contributed by atoms with van der Waals surface area (Å²) in [5.41, 5.74) is -1.14. The van der Waals surface area contributed by atoms with Gasteiger partial charge in [0.1, 0.15) is 29.5 Å². The molecule has 0 saturated heterocycles. The fourth-order valence-electron chi connectivity index (χ4n) is 3.32. The van der Waals surface area contributed by atoms with Crippen LogP contribution in [0.2, 0.25) is 0 Å². The van der Waals surface area contributed by atoms with Crippen LogP contribution in [-0.4, -0.2) is 28.9 Å². The van der Waals surface area contributed by atoms with Gasteiger partial charge in [0.25, 0.3) is 5.89 Å². The molecule has 192 valence electrons. The smallest absolute Gasteiger partial charge is 0.417 e. The number of ether oxygens (including phenoxy) is 1. The number of hydrogen-bond donors (Lipinski definition) is 1. The number of aromatic nitrogens is 2. The second-order valence-corrected chi connectivity index (χ2v) is 8.61. The molecule has 12 heteroatoms. The van der Waals surface area contributed by atoms with Gasteiger partial charge >= 0.3 is 6.18 Å². The predicted molar refractivity (Wildman–Crippen MR) is 133 cm³/mol. The first kappa shape index (κ1) is 26.4. The van der Waals surface area contributed by atoms with Crippen molar-refractivity contribution in [3.63, 3.8) is 0 Å². The van der Waals surface area contributed by atoms with Crippen LogP contribution in [0.25, 0.3) is 22.9 Å². The molecule has 0 unspecified atom stereocenters. The second kappa shape index (κ2) is 11.6. The van der Waals surface area contributed by atoms with Crippen LogP contribution in [0.1, 0.15) is 16.8 Å². The number of rotatable bonds is 10. The number of anilines is 1. The summed E-state index contributed by atoms with van der Waals surface area (Å²) in [6, 6.07) is 14.1. The number of nitrogens with zero attached hydrogens (tertiary/aromatic N) is 4.